The van der Waals surface area contributed by atoms with Gasteiger partial charge in [0.1, 0.15) is 6.04 Å². The van der Waals surface area contributed by atoms with E-state index in [1.165, 1.54) is 25.8 Å². The third-order valence-electron chi connectivity index (χ3n) is 1.41. The number of carbonyl (C=O) groups excluding carboxylic acids is 2. The summed E-state index contributed by atoms with van der Waals surface area (Å²) in [4.78, 5) is 21.9. The molecule has 0 radical (unpaired) electrons. The Hall–Kier alpha value is -0.750. The molecule has 3 N–H and O–H groups in total. The summed E-state index contributed by atoms with van der Waals surface area (Å²) >= 11 is 1.51. The van der Waals surface area contributed by atoms with Crippen LogP contribution in [0.5, 0.6) is 0 Å². The highest BCUT2D eigenvalue weighted by atomic mass is 32.2. The van der Waals surface area contributed by atoms with Gasteiger partial charge in [-0.25, -0.2) is 4.79 Å². The highest BCUT2D eigenvalue weighted by molar-refractivity contribution is 7.99. The number of rotatable bonds is 6. The standard InChI is InChI=1S/C8H16N2O3S/c1-6(11)10-7(8(12)13-2)5-14-4-3-9/h7H,3-5,9H2,1-2H3,(H,10,11). The minimum absolute atomic E-state index is 0.242. The van der Waals surface area contributed by atoms with Crippen LogP contribution in [0.3, 0.4) is 0 Å². The first-order chi connectivity index (χ1) is 6.61. The van der Waals surface area contributed by atoms with E-state index in [4.69, 9.17) is 5.73 Å². The Bertz CT molecular complexity index is 199. The second kappa shape index (κ2) is 7.64. The van der Waals surface area contributed by atoms with Gasteiger partial charge in [-0.05, 0) is 0 Å². The molecule has 1 atom stereocenters. The molecule has 0 spiro atoms. The summed E-state index contributed by atoms with van der Waals surface area (Å²) in [5.74, 6) is 0.578. The first-order valence-corrected chi connectivity index (χ1v) is 5.40. The molecule has 0 fully saturated rings. The molecule has 1 unspecified atom stereocenters. The van der Waals surface area contributed by atoms with Gasteiger partial charge in [0.25, 0.3) is 0 Å². The normalized spacial score (nSPS) is 11.9. The minimum Gasteiger partial charge on any atom is -0.467 e. The summed E-state index contributed by atoms with van der Waals surface area (Å²) in [5, 5.41) is 2.51. The van der Waals surface area contributed by atoms with Crippen LogP contribution >= 0.6 is 11.8 Å². The number of ether oxygens (including phenoxy) is 1. The van der Waals surface area contributed by atoms with E-state index in [9.17, 15) is 9.59 Å². The van der Waals surface area contributed by atoms with Crippen LogP contribution in [-0.2, 0) is 14.3 Å². The third kappa shape index (κ3) is 5.82. The summed E-state index contributed by atoms with van der Waals surface area (Å²) < 4.78 is 4.55. The average molecular weight is 220 g/mol. The molecule has 0 saturated heterocycles. The molecule has 0 aromatic heterocycles. The largest absolute Gasteiger partial charge is 0.467 e. The smallest absolute Gasteiger partial charge is 0.329 e. The van der Waals surface area contributed by atoms with E-state index >= 15 is 0 Å². The molecule has 0 aromatic rings. The Morgan fingerprint density at radius 2 is 2.21 bits per heavy atom. The molecule has 0 bridgehead atoms. The number of hydrogen-bond donors (Lipinski definition) is 2. The monoisotopic (exact) mass is 220 g/mol. The number of thioether (sulfide) groups is 1. The van der Waals surface area contributed by atoms with Crippen molar-refractivity contribution in [2.75, 3.05) is 25.2 Å². The number of hydrogen-bond acceptors (Lipinski definition) is 5. The van der Waals surface area contributed by atoms with Crippen LogP contribution < -0.4 is 11.1 Å². The Balaban J connectivity index is 3.97. The van der Waals surface area contributed by atoms with Gasteiger partial charge in [-0.1, -0.05) is 0 Å². The van der Waals surface area contributed by atoms with Gasteiger partial charge < -0.3 is 15.8 Å². The Morgan fingerprint density at radius 3 is 2.64 bits per heavy atom. The van der Waals surface area contributed by atoms with Crippen molar-refractivity contribution in [1.82, 2.24) is 5.32 Å². The molecule has 1 amide bonds. The molecule has 0 aliphatic rings. The topological polar surface area (TPSA) is 81.4 Å². The van der Waals surface area contributed by atoms with Crippen molar-refractivity contribution in [1.29, 1.82) is 0 Å². The van der Waals surface area contributed by atoms with Gasteiger partial charge in [-0.2, -0.15) is 11.8 Å². The van der Waals surface area contributed by atoms with Crippen molar-refractivity contribution in [3.8, 4) is 0 Å². The van der Waals surface area contributed by atoms with Gasteiger partial charge in [0, 0.05) is 25.0 Å². The number of carbonyl (C=O) groups is 2. The summed E-state index contributed by atoms with van der Waals surface area (Å²) in [5.41, 5.74) is 5.30. The number of methoxy groups -OCH3 is 1. The fourth-order valence-corrected chi connectivity index (χ4v) is 1.63. The lowest BCUT2D eigenvalue weighted by Crippen LogP contribution is -2.42. The van der Waals surface area contributed by atoms with E-state index in [0.29, 0.717) is 12.3 Å². The predicted molar refractivity (Wildman–Crippen MR) is 56.0 cm³/mol. The number of esters is 1. The van der Waals surface area contributed by atoms with Gasteiger partial charge in [0.05, 0.1) is 7.11 Å². The zero-order chi connectivity index (χ0) is 11.0. The van der Waals surface area contributed by atoms with Crippen LogP contribution in [0.4, 0.5) is 0 Å². The summed E-state index contributed by atoms with van der Waals surface area (Å²) in [6.07, 6.45) is 0. The lowest BCUT2D eigenvalue weighted by molar-refractivity contribution is -0.144. The maximum Gasteiger partial charge on any atom is 0.329 e. The van der Waals surface area contributed by atoms with E-state index in [1.54, 1.807) is 0 Å². The summed E-state index contributed by atoms with van der Waals surface area (Å²) in [7, 11) is 1.30. The first-order valence-electron chi connectivity index (χ1n) is 4.24. The third-order valence-corrected chi connectivity index (χ3v) is 2.50. The second-order valence-corrected chi connectivity index (χ2v) is 3.79. The molecule has 0 aromatic carbocycles. The fourth-order valence-electron chi connectivity index (χ4n) is 0.841. The van der Waals surface area contributed by atoms with E-state index in [0.717, 1.165) is 5.75 Å². The minimum atomic E-state index is -0.575. The van der Waals surface area contributed by atoms with Crippen LogP contribution in [0.15, 0.2) is 0 Å². The van der Waals surface area contributed by atoms with Crippen LogP contribution in [0.2, 0.25) is 0 Å². The van der Waals surface area contributed by atoms with Crippen LogP contribution in [0.25, 0.3) is 0 Å². The molecule has 0 heterocycles. The highest BCUT2D eigenvalue weighted by Crippen LogP contribution is 2.03. The van der Waals surface area contributed by atoms with Crippen molar-refractivity contribution in [2.45, 2.75) is 13.0 Å². The van der Waals surface area contributed by atoms with E-state index in [1.807, 2.05) is 0 Å². The molecule has 0 saturated carbocycles. The number of amides is 1. The molecule has 5 nitrogen and oxygen atoms in total. The maximum atomic E-state index is 11.2. The second-order valence-electron chi connectivity index (χ2n) is 2.64. The van der Waals surface area contributed by atoms with Crippen molar-refractivity contribution < 1.29 is 14.3 Å². The maximum absolute atomic E-state index is 11.2. The number of nitrogens with one attached hydrogen (secondary N) is 1. The summed E-state index contributed by atoms with van der Waals surface area (Å²) in [6, 6.07) is -0.575. The quantitative estimate of drug-likeness (QED) is 0.459. The Labute approximate surface area is 87.7 Å². The van der Waals surface area contributed by atoms with E-state index in [2.05, 4.69) is 10.1 Å². The van der Waals surface area contributed by atoms with Crippen LogP contribution in [-0.4, -0.2) is 43.1 Å². The molecule has 14 heavy (non-hydrogen) atoms. The Kier molecular flexibility index (Phi) is 7.23. The van der Waals surface area contributed by atoms with Crippen molar-refractivity contribution in [2.24, 2.45) is 5.73 Å². The zero-order valence-electron chi connectivity index (χ0n) is 8.41. The first kappa shape index (κ1) is 13.2. The molecule has 6 heteroatoms. The molecule has 0 aliphatic carbocycles. The van der Waals surface area contributed by atoms with Crippen molar-refractivity contribution in [3.63, 3.8) is 0 Å². The molecular formula is C8H16N2O3S. The van der Waals surface area contributed by atoms with Gasteiger partial charge in [0.15, 0.2) is 0 Å². The lowest BCUT2D eigenvalue weighted by Gasteiger charge is -2.14. The predicted octanol–water partition coefficient (Wildman–Crippen LogP) is -0.644. The molecular weight excluding hydrogens is 204 g/mol. The number of nitrogens with two attached hydrogens (primary N) is 1. The SMILES string of the molecule is COC(=O)C(CSCCN)NC(C)=O. The van der Waals surface area contributed by atoms with E-state index in [-0.39, 0.29) is 5.91 Å². The van der Waals surface area contributed by atoms with Crippen molar-refractivity contribution in [3.05, 3.63) is 0 Å². The average Bonchev–Trinajstić information content (AvgIpc) is 2.15. The Morgan fingerprint density at radius 1 is 1.57 bits per heavy atom. The van der Waals surface area contributed by atoms with E-state index < -0.39 is 12.0 Å². The fraction of sp³-hybridized carbons (Fsp3) is 0.750. The van der Waals surface area contributed by atoms with Crippen LogP contribution in [0.1, 0.15) is 6.92 Å². The lowest BCUT2D eigenvalue weighted by atomic mass is 10.3. The van der Waals surface area contributed by atoms with Gasteiger partial charge in [0.2, 0.25) is 5.91 Å². The highest BCUT2D eigenvalue weighted by Gasteiger charge is 2.19. The molecule has 0 rings (SSSR count). The van der Waals surface area contributed by atoms with Gasteiger partial charge in [-0.15, -0.1) is 0 Å². The molecule has 82 valence electrons. The summed E-state index contributed by atoms with van der Waals surface area (Å²) in [6.45, 7) is 1.92. The zero-order valence-corrected chi connectivity index (χ0v) is 9.23. The van der Waals surface area contributed by atoms with Crippen molar-refractivity contribution >= 4 is 23.6 Å². The molecule has 0 aliphatic heterocycles. The van der Waals surface area contributed by atoms with Gasteiger partial charge >= 0.3 is 5.97 Å². The van der Waals surface area contributed by atoms with Crippen LogP contribution in [0, 0.1) is 0 Å². The van der Waals surface area contributed by atoms with Gasteiger partial charge in [-0.3, -0.25) is 4.79 Å².